The molecule has 0 bridgehead atoms. The van der Waals surface area contributed by atoms with Crippen molar-refractivity contribution in [3.8, 4) is 0 Å². The average Bonchev–Trinajstić information content (AvgIpc) is 3.09. The molecule has 0 aliphatic heterocycles. The molecule has 1 unspecified atom stereocenters. The third-order valence-corrected chi connectivity index (χ3v) is 3.18. The highest BCUT2D eigenvalue weighted by molar-refractivity contribution is 5.68. The quantitative estimate of drug-likeness (QED) is 0.853. The maximum absolute atomic E-state index is 12.6. The number of carbonyl (C=O) groups is 1. The molecule has 1 aromatic carbocycles. The molecule has 4 heteroatoms. The van der Waals surface area contributed by atoms with E-state index in [1.807, 2.05) is 0 Å². The van der Waals surface area contributed by atoms with Gasteiger partial charge in [0.2, 0.25) is 0 Å². The maximum Gasteiger partial charge on any atom is 0.303 e. The summed E-state index contributed by atoms with van der Waals surface area (Å²) in [4.78, 5) is 10.8. The fourth-order valence-corrected chi connectivity index (χ4v) is 2.17. The van der Waals surface area contributed by atoms with Crippen LogP contribution in [0.5, 0.6) is 0 Å². The minimum absolute atomic E-state index is 0.0252. The van der Waals surface area contributed by atoms with E-state index in [0.717, 1.165) is 18.4 Å². The normalized spacial score (nSPS) is 17.1. The highest BCUT2D eigenvalue weighted by Crippen LogP contribution is 2.44. The van der Waals surface area contributed by atoms with Crippen LogP contribution in [0.25, 0.3) is 0 Å². The number of benzene rings is 1. The zero-order chi connectivity index (χ0) is 12.4. The predicted octanol–water partition coefficient (Wildman–Crippen LogP) is 3.59. The molecular formula is C13H14F2O2. The van der Waals surface area contributed by atoms with Crippen molar-refractivity contribution < 1.29 is 18.7 Å². The summed E-state index contributed by atoms with van der Waals surface area (Å²) in [6.45, 7) is 0. The molecule has 1 aliphatic rings. The van der Waals surface area contributed by atoms with Gasteiger partial charge in [-0.1, -0.05) is 18.2 Å². The number of halogens is 2. The zero-order valence-corrected chi connectivity index (χ0v) is 9.27. The molecule has 2 nitrogen and oxygen atoms in total. The second kappa shape index (κ2) is 4.82. The van der Waals surface area contributed by atoms with E-state index in [1.165, 1.54) is 12.1 Å². The van der Waals surface area contributed by atoms with Gasteiger partial charge in [-0.2, -0.15) is 0 Å². The summed E-state index contributed by atoms with van der Waals surface area (Å²) in [6.07, 6.45) is -0.481. The van der Waals surface area contributed by atoms with Crippen LogP contribution in [0.15, 0.2) is 24.3 Å². The highest BCUT2D eigenvalue weighted by Gasteiger charge is 2.33. The molecule has 1 aliphatic carbocycles. The number of hydrogen-bond acceptors (Lipinski definition) is 1. The van der Waals surface area contributed by atoms with Crippen molar-refractivity contribution in [2.75, 3.05) is 0 Å². The van der Waals surface area contributed by atoms with Crippen LogP contribution in [0.1, 0.15) is 42.7 Å². The minimum Gasteiger partial charge on any atom is -0.481 e. The van der Waals surface area contributed by atoms with Crippen molar-refractivity contribution in [1.29, 1.82) is 0 Å². The van der Waals surface area contributed by atoms with E-state index in [-0.39, 0.29) is 17.9 Å². The predicted molar refractivity (Wildman–Crippen MR) is 59.1 cm³/mol. The third-order valence-electron chi connectivity index (χ3n) is 3.18. The summed E-state index contributed by atoms with van der Waals surface area (Å²) in [7, 11) is 0. The first-order valence-electron chi connectivity index (χ1n) is 5.67. The number of hydrogen-bond donors (Lipinski definition) is 1. The third kappa shape index (κ3) is 3.02. The molecule has 0 heterocycles. The fraction of sp³-hybridized carbons (Fsp3) is 0.462. The van der Waals surface area contributed by atoms with Crippen LogP contribution in [0.3, 0.4) is 0 Å². The summed E-state index contributed by atoms with van der Waals surface area (Å²) in [5.74, 6) is -0.644. The molecular weight excluding hydrogens is 226 g/mol. The Hall–Kier alpha value is -1.45. The Labute approximate surface area is 98.3 Å². The molecule has 92 valence electrons. The largest absolute Gasteiger partial charge is 0.481 e. The molecule has 1 fully saturated rings. The Bertz CT molecular complexity index is 414. The number of aliphatic carboxylic acids is 1. The van der Waals surface area contributed by atoms with Gasteiger partial charge >= 0.3 is 5.97 Å². The van der Waals surface area contributed by atoms with Crippen LogP contribution >= 0.6 is 0 Å². The van der Waals surface area contributed by atoms with Crippen molar-refractivity contribution >= 4 is 5.97 Å². The van der Waals surface area contributed by atoms with Crippen LogP contribution in [-0.4, -0.2) is 11.1 Å². The zero-order valence-electron chi connectivity index (χ0n) is 9.27. The van der Waals surface area contributed by atoms with Gasteiger partial charge in [0.1, 0.15) is 0 Å². The standard InChI is InChI=1S/C13H14F2O2/c14-13(15)10-3-1-2-9(6-10)11(7-12(16)17)8-4-5-8/h1-3,6,8,11,13H,4-5,7H2,(H,16,17). The van der Waals surface area contributed by atoms with Gasteiger partial charge in [0, 0.05) is 5.56 Å². The van der Waals surface area contributed by atoms with Gasteiger partial charge in [-0.15, -0.1) is 0 Å². The first kappa shape index (κ1) is 12.0. The molecule has 0 saturated heterocycles. The monoisotopic (exact) mass is 240 g/mol. The Morgan fingerprint density at radius 3 is 2.53 bits per heavy atom. The van der Waals surface area contributed by atoms with Gasteiger partial charge in [0.25, 0.3) is 6.43 Å². The van der Waals surface area contributed by atoms with E-state index >= 15 is 0 Å². The van der Waals surface area contributed by atoms with Crippen molar-refractivity contribution in [3.63, 3.8) is 0 Å². The van der Waals surface area contributed by atoms with E-state index in [1.54, 1.807) is 12.1 Å². The lowest BCUT2D eigenvalue weighted by Gasteiger charge is -2.15. The molecule has 1 N–H and O–H groups in total. The molecule has 17 heavy (non-hydrogen) atoms. The van der Waals surface area contributed by atoms with Gasteiger partial charge in [-0.25, -0.2) is 8.78 Å². The number of carboxylic acid groups (broad SMARTS) is 1. The molecule has 2 rings (SSSR count). The summed E-state index contributed by atoms with van der Waals surface area (Å²) >= 11 is 0. The molecule has 1 aromatic rings. The SMILES string of the molecule is O=C(O)CC(c1cccc(C(F)F)c1)C1CC1. The van der Waals surface area contributed by atoms with Crippen molar-refractivity contribution in [3.05, 3.63) is 35.4 Å². The number of carboxylic acids is 1. The maximum atomic E-state index is 12.6. The average molecular weight is 240 g/mol. The summed E-state index contributed by atoms with van der Waals surface area (Å²) < 4.78 is 25.1. The van der Waals surface area contributed by atoms with Crippen molar-refractivity contribution in [2.45, 2.75) is 31.6 Å². The van der Waals surface area contributed by atoms with E-state index in [9.17, 15) is 13.6 Å². The fourth-order valence-electron chi connectivity index (χ4n) is 2.17. The summed E-state index contributed by atoms with van der Waals surface area (Å²) in [5, 5.41) is 8.85. The van der Waals surface area contributed by atoms with E-state index in [4.69, 9.17) is 5.11 Å². The Balaban J connectivity index is 2.22. The first-order chi connectivity index (χ1) is 8.08. The topological polar surface area (TPSA) is 37.3 Å². The molecule has 0 spiro atoms. The molecule has 0 aromatic heterocycles. The van der Waals surface area contributed by atoms with Crippen molar-refractivity contribution in [2.24, 2.45) is 5.92 Å². The second-order valence-electron chi connectivity index (χ2n) is 4.51. The smallest absolute Gasteiger partial charge is 0.303 e. The molecule has 1 saturated carbocycles. The highest BCUT2D eigenvalue weighted by atomic mass is 19.3. The number of alkyl halides is 2. The minimum atomic E-state index is -2.50. The molecule has 1 atom stereocenters. The first-order valence-corrected chi connectivity index (χ1v) is 5.67. The summed E-state index contributed by atoms with van der Waals surface area (Å²) in [6, 6.07) is 6.14. The van der Waals surface area contributed by atoms with Crippen molar-refractivity contribution in [1.82, 2.24) is 0 Å². The Morgan fingerprint density at radius 2 is 2.00 bits per heavy atom. The molecule has 0 radical (unpaired) electrons. The van der Waals surface area contributed by atoms with Gasteiger partial charge in [-0.05, 0) is 36.3 Å². The second-order valence-corrected chi connectivity index (χ2v) is 4.51. The lowest BCUT2D eigenvalue weighted by Crippen LogP contribution is -2.08. The lowest BCUT2D eigenvalue weighted by molar-refractivity contribution is -0.137. The van der Waals surface area contributed by atoms with Gasteiger partial charge < -0.3 is 5.11 Å². The van der Waals surface area contributed by atoms with E-state index in [0.29, 0.717) is 5.92 Å². The van der Waals surface area contributed by atoms with Crippen LogP contribution in [0.4, 0.5) is 8.78 Å². The number of rotatable bonds is 5. The van der Waals surface area contributed by atoms with Gasteiger partial charge in [0.15, 0.2) is 0 Å². The van der Waals surface area contributed by atoms with Crippen LogP contribution in [0, 0.1) is 5.92 Å². The van der Waals surface area contributed by atoms with E-state index < -0.39 is 12.4 Å². The summed E-state index contributed by atoms with van der Waals surface area (Å²) in [5.41, 5.74) is 0.700. The van der Waals surface area contributed by atoms with Crippen LogP contribution in [-0.2, 0) is 4.79 Å². The Kier molecular flexibility index (Phi) is 3.41. The van der Waals surface area contributed by atoms with Gasteiger partial charge in [0.05, 0.1) is 6.42 Å². The van der Waals surface area contributed by atoms with Crippen LogP contribution < -0.4 is 0 Å². The lowest BCUT2D eigenvalue weighted by atomic mass is 9.90. The Morgan fingerprint density at radius 1 is 1.35 bits per heavy atom. The molecule has 0 amide bonds. The van der Waals surface area contributed by atoms with E-state index in [2.05, 4.69) is 0 Å². The van der Waals surface area contributed by atoms with Gasteiger partial charge in [-0.3, -0.25) is 4.79 Å². The van der Waals surface area contributed by atoms with Crippen LogP contribution in [0.2, 0.25) is 0 Å².